The molecule has 2 N–H and O–H groups in total. The van der Waals surface area contributed by atoms with Crippen LogP contribution in [0.2, 0.25) is 0 Å². The van der Waals surface area contributed by atoms with Gasteiger partial charge in [-0.05, 0) is 24.1 Å². The molecular weight excluding hydrogens is 328 g/mol. The molecule has 2 aromatic carbocycles. The first kappa shape index (κ1) is 17.4. The normalized spacial score (nSPS) is 10.2. The van der Waals surface area contributed by atoms with Gasteiger partial charge in [-0.15, -0.1) is 0 Å². The molecule has 26 heavy (non-hydrogen) atoms. The van der Waals surface area contributed by atoms with E-state index < -0.39 is 0 Å². The van der Waals surface area contributed by atoms with Crippen LogP contribution in [0.15, 0.2) is 67.0 Å². The number of carbonyl (C=O) groups is 1. The lowest BCUT2D eigenvalue weighted by atomic mass is 10.1. The average Bonchev–Trinajstić information content (AvgIpc) is 2.70. The number of methoxy groups -OCH3 is 1. The standard InChI is InChI=1S/C20H20N4O2/c1-26-18-10-6-5-9-17(18)24-19(25)16-13-22-20(23-14-16)21-12-11-15-7-3-2-4-8-15/h2-10,13-14H,11-12H2,1H3,(H,24,25)(H,21,22,23). The smallest absolute Gasteiger partial charge is 0.258 e. The Hall–Kier alpha value is -3.41. The van der Waals surface area contributed by atoms with Gasteiger partial charge < -0.3 is 15.4 Å². The van der Waals surface area contributed by atoms with Crippen LogP contribution >= 0.6 is 0 Å². The number of amides is 1. The molecule has 3 aromatic rings. The van der Waals surface area contributed by atoms with E-state index in [2.05, 4.69) is 32.7 Å². The largest absolute Gasteiger partial charge is 0.495 e. The van der Waals surface area contributed by atoms with Gasteiger partial charge in [-0.25, -0.2) is 9.97 Å². The van der Waals surface area contributed by atoms with E-state index in [1.165, 1.54) is 18.0 Å². The summed E-state index contributed by atoms with van der Waals surface area (Å²) in [5.74, 6) is 0.807. The lowest BCUT2D eigenvalue weighted by Gasteiger charge is -2.10. The van der Waals surface area contributed by atoms with E-state index in [1.807, 2.05) is 30.3 Å². The Balaban J connectivity index is 1.56. The maximum absolute atomic E-state index is 12.3. The minimum Gasteiger partial charge on any atom is -0.495 e. The third kappa shape index (κ3) is 4.57. The van der Waals surface area contributed by atoms with Gasteiger partial charge in [-0.2, -0.15) is 0 Å². The van der Waals surface area contributed by atoms with Crippen molar-refractivity contribution in [2.45, 2.75) is 6.42 Å². The maximum atomic E-state index is 12.3. The predicted molar refractivity (Wildman–Crippen MR) is 102 cm³/mol. The molecule has 0 aliphatic rings. The molecule has 1 aromatic heterocycles. The quantitative estimate of drug-likeness (QED) is 0.684. The molecule has 0 radical (unpaired) electrons. The molecule has 0 spiro atoms. The SMILES string of the molecule is COc1ccccc1NC(=O)c1cnc(NCCc2ccccc2)nc1. The van der Waals surface area contributed by atoms with Gasteiger partial charge in [-0.1, -0.05) is 42.5 Å². The second-order valence-electron chi connectivity index (χ2n) is 5.61. The van der Waals surface area contributed by atoms with Gasteiger partial charge in [0.2, 0.25) is 5.95 Å². The van der Waals surface area contributed by atoms with E-state index in [0.717, 1.165) is 13.0 Å². The topological polar surface area (TPSA) is 76.1 Å². The monoisotopic (exact) mass is 348 g/mol. The van der Waals surface area contributed by atoms with Crippen molar-refractivity contribution in [3.63, 3.8) is 0 Å². The Morgan fingerprint density at radius 3 is 2.42 bits per heavy atom. The summed E-state index contributed by atoms with van der Waals surface area (Å²) in [7, 11) is 1.56. The number of benzene rings is 2. The van der Waals surface area contributed by atoms with E-state index in [9.17, 15) is 4.79 Å². The van der Waals surface area contributed by atoms with Crippen LogP contribution in [0.25, 0.3) is 0 Å². The second kappa shape index (κ2) is 8.62. The number of hydrogen-bond acceptors (Lipinski definition) is 5. The third-order valence-corrected chi connectivity index (χ3v) is 3.81. The van der Waals surface area contributed by atoms with Crippen LogP contribution in [-0.2, 0) is 6.42 Å². The lowest BCUT2D eigenvalue weighted by Crippen LogP contribution is -2.14. The van der Waals surface area contributed by atoms with E-state index in [0.29, 0.717) is 22.9 Å². The molecule has 6 heteroatoms. The molecular formula is C20H20N4O2. The molecule has 0 saturated carbocycles. The summed E-state index contributed by atoms with van der Waals surface area (Å²) < 4.78 is 5.23. The van der Waals surface area contributed by atoms with Crippen LogP contribution in [-0.4, -0.2) is 29.5 Å². The Morgan fingerprint density at radius 1 is 1.00 bits per heavy atom. The van der Waals surface area contributed by atoms with Gasteiger partial charge >= 0.3 is 0 Å². The Bertz CT molecular complexity index is 851. The average molecular weight is 348 g/mol. The summed E-state index contributed by atoms with van der Waals surface area (Å²) in [5.41, 5.74) is 2.22. The number of hydrogen-bond donors (Lipinski definition) is 2. The van der Waals surface area contributed by atoms with Gasteiger partial charge in [0.15, 0.2) is 0 Å². The fourth-order valence-corrected chi connectivity index (χ4v) is 2.44. The summed E-state index contributed by atoms with van der Waals surface area (Å²) in [4.78, 5) is 20.7. The highest BCUT2D eigenvalue weighted by Crippen LogP contribution is 2.23. The van der Waals surface area contributed by atoms with Crippen molar-refractivity contribution < 1.29 is 9.53 Å². The van der Waals surface area contributed by atoms with Crippen LogP contribution in [0.3, 0.4) is 0 Å². The number of rotatable bonds is 7. The maximum Gasteiger partial charge on any atom is 0.258 e. The summed E-state index contributed by atoms with van der Waals surface area (Å²) in [6.45, 7) is 0.719. The molecule has 1 amide bonds. The van der Waals surface area contributed by atoms with E-state index >= 15 is 0 Å². The van der Waals surface area contributed by atoms with Crippen LogP contribution in [0.5, 0.6) is 5.75 Å². The highest BCUT2D eigenvalue weighted by atomic mass is 16.5. The summed E-state index contributed by atoms with van der Waals surface area (Å²) in [6, 6.07) is 17.4. The molecule has 0 fully saturated rings. The van der Waals surface area contributed by atoms with Gasteiger partial charge in [0, 0.05) is 18.9 Å². The Kier molecular flexibility index (Phi) is 5.77. The van der Waals surface area contributed by atoms with E-state index in [-0.39, 0.29) is 5.91 Å². The third-order valence-electron chi connectivity index (χ3n) is 3.81. The molecule has 0 aliphatic heterocycles. The molecule has 0 atom stereocenters. The van der Waals surface area contributed by atoms with Gasteiger partial charge in [0.1, 0.15) is 5.75 Å². The van der Waals surface area contributed by atoms with Crippen LogP contribution < -0.4 is 15.4 Å². The molecule has 0 saturated heterocycles. The van der Waals surface area contributed by atoms with E-state index in [4.69, 9.17) is 4.74 Å². The summed E-state index contributed by atoms with van der Waals surface area (Å²) >= 11 is 0. The predicted octanol–water partition coefficient (Wildman–Crippen LogP) is 3.39. The van der Waals surface area contributed by atoms with Crippen molar-refractivity contribution in [1.29, 1.82) is 0 Å². The Morgan fingerprint density at radius 2 is 1.69 bits per heavy atom. The number of aromatic nitrogens is 2. The number of nitrogens with zero attached hydrogens (tertiary/aromatic N) is 2. The fourth-order valence-electron chi connectivity index (χ4n) is 2.44. The zero-order valence-electron chi connectivity index (χ0n) is 14.5. The number of ether oxygens (including phenoxy) is 1. The second-order valence-corrected chi connectivity index (χ2v) is 5.61. The van der Waals surface area contributed by atoms with Gasteiger partial charge in [0.25, 0.3) is 5.91 Å². The minimum atomic E-state index is -0.287. The molecule has 1 heterocycles. The first-order valence-electron chi connectivity index (χ1n) is 8.30. The number of para-hydroxylation sites is 2. The molecule has 0 bridgehead atoms. The van der Waals surface area contributed by atoms with Crippen molar-refractivity contribution in [2.75, 3.05) is 24.3 Å². The van der Waals surface area contributed by atoms with E-state index in [1.54, 1.807) is 19.2 Å². The Labute approximate surface area is 152 Å². The number of carbonyl (C=O) groups excluding carboxylic acids is 1. The molecule has 6 nitrogen and oxygen atoms in total. The van der Waals surface area contributed by atoms with Gasteiger partial charge in [-0.3, -0.25) is 4.79 Å². The molecule has 132 valence electrons. The van der Waals surface area contributed by atoms with Gasteiger partial charge in [0.05, 0.1) is 18.4 Å². The lowest BCUT2D eigenvalue weighted by molar-refractivity contribution is 0.102. The zero-order chi connectivity index (χ0) is 18.2. The van der Waals surface area contributed by atoms with Crippen LogP contribution in [0, 0.1) is 0 Å². The number of anilines is 2. The molecule has 0 unspecified atom stereocenters. The highest BCUT2D eigenvalue weighted by molar-refractivity contribution is 6.04. The highest BCUT2D eigenvalue weighted by Gasteiger charge is 2.10. The molecule has 0 aliphatic carbocycles. The molecule has 3 rings (SSSR count). The van der Waals surface area contributed by atoms with Crippen molar-refractivity contribution in [3.05, 3.63) is 78.1 Å². The minimum absolute atomic E-state index is 0.287. The van der Waals surface area contributed by atoms with Crippen LogP contribution in [0.4, 0.5) is 11.6 Å². The van der Waals surface area contributed by atoms with Crippen molar-refractivity contribution in [3.8, 4) is 5.75 Å². The summed E-state index contributed by atoms with van der Waals surface area (Å²) in [5, 5.41) is 5.95. The van der Waals surface area contributed by atoms with Crippen LogP contribution in [0.1, 0.15) is 15.9 Å². The van der Waals surface area contributed by atoms with Crippen molar-refractivity contribution in [2.24, 2.45) is 0 Å². The van der Waals surface area contributed by atoms with Crippen molar-refractivity contribution >= 4 is 17.5 Å². The number of nitrogens with one attached hydrogen (secondary N) is 2. The van der Waals surface area contributed by atoms with Crippen molar-refractivity contribution in [1.82, 2.24) is 9.97 Å². The first-order valence-corrected chi connectivity index (χ1v) is 8.30. The summed E-state index contributed by atoms with van der Waals surface area (Å²) in [6.07, 6.45) is 3.88. The first-order chi connectivity index (χ1) is 12.8. The fraction of sp³-hybridized carbons (Fsp3) is 0.150. The zero-order valence-corrected chi connectivity index (χ0v) is 14.5.